The van der Waals surface area contributed by atoms with Gasteiger partial charge in [-0.3, -0.25) is 9.89 Å². The summed E-state index contributed by atoms with van der Waals surface area (Å²) >= 11 is 0. The Kier molecular flexibility index (Phi) is 12.8. The normalized spacial score (nSPS) is 16.8. The number of nitrogens with zero attached hydrogens (tertiary/aromatic N) is 3. The van der Waals surface area contributed by atoms with Crippen LogP contribution in [0.3, 0.4) is 0 Å². The molecule has 0 saturated carbocycles. The van der Waals surface area contributed by atoms with E-state index < -0.39 is 0 Å². The van der Waals surface area contributed by atoms with Crippen molar-refractivity contribution in [2.45, 2.75) is 45.6 Å². The van der Waals surface area contributed by atoms with Crippen LogP contribution in [-0.2, 0) is 0 Å². The van der Waals surface area contributed by atoms with Crippen LogP contribution in [0.15, 0.2) is 27.8 Å². The molecule has 0 bridgehead atoms. The summed E-state index contributed by atoms with van der Waals surface area (Å²) in [5.41, 5.74) is 0. The van der Waals surface area contributed by atoms with Gasteiger partial charge in [0, 0.05) is 20.1 Å². The number of likely N-dealkylation sites (tertiary alicyclic amines) is 1. The Morgan fingerprint density at radius 2 is 1.96 bits per heavy atom. The molecular weight excluding hydrogens is 453 g/mol. The molecule has 2 rings (SSSR count). The van der Waals surface area contributed by atoms with E-state index >= 15 is 0 Å². The first-order chi connectivity index (χ1) is 12.8. The van der Waals surface area contributed by atoms with E-state index in [4.69, 9.17) is 4.42 Å². The SMILES string of the molecule is CCN(CC)CCCNC(=NC)NCC(c1ccco1)N1CCCCC1.I. The summed E-state index contributed by atoms with van der Waals surface area (Å²) in [7, 11) is 1.84. The largest absolute Gasteiger partial charge is 0.468 e. The number of rotatable bonds is 10. The summed E-state index contributed by atoms with van der Waals surface area (Å²) in [5.74, 6) is 1.91. The molecule has 0 aliphatic carbocycles. The molecule has 6 nitrogen and oxygen atoms in total. The monoisotopic (exact) mass is 491 g/mol. The maximum Gasteiger partial charge on any atom is 0.191 e. The van der Waals surface area contributed by atoms with Crippen molar-refractivity contribution >= 4 is 29.9 Å². The van der Waals surface area contributed by atoms with Gasteiger partial charge in [0.15, 0.2) is 5.96 Å². The predicted molar refractivity (Wildman–Crippen MR) is 124 cm³/mol. The number of guanidine groups is 1. The van der Waals surface area contributed by atoms with Gasteiger partial charge in [0.25, 0.3) is 0 Å². The Morgan fingerprint density at radius 3 is 2.56 bits per heavy atom. The zero-order valence-corrected chi connectivity index (χ0v) is 19.6. The van der Waals surface area contributed by atoms with Gasteiger partial charge in [0.05, 0.1) is 12.3 Å². The van der Waals surface area contributed by atoms with Gasteiger partial charge in [-0.25, -0.2) is 0 Å². The molecule has 0 radical (unpaired) electrons. The van der Waals surface area contributed by atoms with Crippen molar-refractivity contribution in [3.8, 4) is 0 Å². The van der Waals surface area contributed by atoms with Crippen LogP contribution in [0.25, 0.3) is 0 Å². The van der Waals surface area contributed by atoms with Crippen LogP contribution in [0.4, 0.5) is 0 Å². The molecule has 2 N–H and O–H groups in total. The second-order valence-corrected chi connectivity index (χ2v) is 6.89. The van der Waals surface area contributed by atoms with Crippen molar-refractivity contribution in [2.75, 3.05) is 52.9 Å². The fourth-order valence-electron chi connectivity index (χ4n) is 3.58. The molecule has 1 aromatic heterocycles. The van der Waals surface area contributed by atoms with E-state index in [1.54, 1.807) is 6.26 Å². The summed E-state index contributed by atoms with van der Waals surface area (Å²) in [6.07, 6.45) is 6.78. The van der Waals surface area contributed by atoms with E-state index in [-0.39, 0.29) is 30.0 Å². The van der Waals surface area contributed by atoms with Crippen molar-refractivity contribution in [1.82, 2.24) is 20.4 Å². The van der Waals surface area contributed by atoms with Crippen LogP contribution in [-0.4, -0.2) is 68.6 Å². The van der Waals surface area contributed by atoms with Gasteiger partial charge in [0.2, 0.25) is 0 Å². The molecule has 1 atom stereocenters. The lowest BCUT2D eigenvalue weighted by molar-refractivity contribution is 0.146. The molecule has 1 fully saturated rings. The smallest absolute Gasteiger partial charge is 0.191 e. The molecular formula is C20H38IN5O. The molecule has 1 aliphatic heterocycles. The number of aliphatic imine (C=N–C) groups is 1. The lowest BCUT2D eigenvalue weighted by atomic mass is 10.1. The van der Waals surface area contributed by atoms with E-state index in [2.05, 4.69) is 45.3 Å². The summed E-state index contributed by atoms with van der Waals surface area (Å²) < 4.78 is 5.72. The average Bonchev–Trinajstić information content (AvgIpc) is 3.22. The van der Waals surface area contributed by atoms with E-state index in [1.807, 2.05) is 13.1 Å². The third-order valence-corrected chi connectivity index (χ3v) is 5.23. The third-order valence-electron chi connectivity index (χ3n) is 5.23. The zero-order chi connectivity index (χ0) is 18.6. The summed E-state index contributed by atoms with van der Waals surface area (Å²) in [5, 5.41) is 6.93. The van der Waals surface area contributed by atoms with Crippen molar-refractivity contribution in [1.29, 1.82) is 0 Å². The molecule has 1 unspecified atom stereocenters. The third kappa shape index (κ3) is 8.39. The fraction of sp³-hybridized carbons (Fsp3) is 0.750. The van der Waals surface area contributed by atoms with Gasteiger partial charge in [-0.15, -0.1) is 24.0 Å². The van der Waals surface area contributed by atoms with Crippen LogP contribution in [0.5, 0.6) is 0 Å². The van der Waals surface area contributed by atoms with Crippen molar-refractivity contribution in [3.63, 3.8) is 0 Å². The predicted octanol–water partition coefficient (Wildman–Crippen LogP) is 3.32. The van der Waals surface area contributed by atoms with Crippen molar-refractivity contribution < 1.29 is 4.42 Å². The van der Waals surface area contributed by atoms with E-state index in [9.17, 15) is 0 Å². The second kappa shape index (κ2) is 14.2. The minimum absolute atomic E-state index is 0. The average molecular weight is 491 g/mol. The summed E-state index contributed by atoms with van der Waals surface area (Å²) in [6, 6.07) is 4.33. The first-order valence-corrected chi connectivity index (χ1v) is 10.2. The van der Waals surface area contributed by atoms with E-state index in [0.717, 1.165) is 64.0 Å². The molecule has 1 saturated heterocycles. The Bertz CT molecular complexity index is 498. The number of furan rings is 1. The zero-order valence-electron chi connectivity index (χ0n) is 17.2. The van der Waals surface area contributed by atoms with Crippen molar-refractivity contribution in [2.24, 2.45) is 4.99 Å². The molecule has 7 heteroatoms. The highest BCUT2D eigenvalue weighted by Crippen LogP contribution is 2.24. The molecule has 156 valence electrons. The van der Waals surface area contributed by atoms with Crippen LogP contribution in [0.1, 0.15) is 51.3 Å². The van der Waals surface area contributed by atoms with Crippen molar-refractivity contribution in [3.05, 3.63) is 24.2 Å². The molecule has 0 spiro atoms. The number of hydrogen-bond donors (Lipinski definition) is 2. The first-order valence-electron chi connectivity index (χ1n) is 10.2. The molecule has 1 aliphatic rings. The van der Waals surface area contributed by atoms with Gasteiger partial charge < -0.3 is 20.0 Å². The molecule has 27 heavy (non-hydrogen) atoms. The van der Waals surface area contributed by atoms with Crippen LogP contribution in [0.2, 0.25) is 0 Å². The Hall–Kier alpha value is -0.800. The maximum atomic E-state index is 5.72. The molecule has 2 heterocycles. The van der Waals surface area contributed by atoms with E-state index in [0.29, 0.717) is 0 Å². The molecule has 0 amide bonds. The first kappa shape index (κ1) is 24.2. The Morgan fingerprint density at radius 1 is 1.22 bits per heavy atom. The number of hydrogen-bond acceptors (Lipinski definition) is 4. The summed E-state index contributed by atoms with van der Waals surface area (Å²) in [4.78, 5) is 9.35. The van der Waals surface area contributed by atoms with Gasteiger partial charge in [0.1, 0.15) is 5.76 Å². The summed E-state index contributed by atoms with van der Waals surface area (Å²) in [6.45, 7) is 11.8. The minimum Gasteiger partial charge on any atom is -0.468 e. The number of piperidine rings is 1. The van der Waals surface area contributed by atoms with Gasteiger partial charge in [-0.2, -0.15) is 0 Å². The van der Waals surface area contributed by atoms with Crippen LogP contribution >= 0.6 is 24.0 Å². The highest BCUT2D eigenvalue weighted by atomic mass is 127. The lowest BCUT2D eigenvalue weighted by Crippen LogP contribution is -2.44. The minimum atomic E-state index is 0. The highest BCUT2D eigenvalue weighted by molar-refractivity contribution is 14.0. The molecule has 1 aromatic rings. The number of nitrogens with one attached hydrogen (secondary N) is 2. The Balaban J connectivity index is 0.00000364. The fourth-order valence-corrected chi connectivity index (χ4v) is 3.58. The lowest BCUT2D eigenvalue weighted by Gasteiger charge is -2.33. The van der Waals surface area contributed by atoms with Gasteiger partial charge in [-0.05, 0) is 64.1 Å². The van der Waals surface area contributed by atoms with Gasteiger partial charge in [-0.1, -0.05) is 20.3 Å². The highest BCUT2D eigenvalue weighted by Gasteiger charge is 2.24. The van der Waals surface area contributed by atoms with Crippen LogP contribution < -0.4 is 10.6 Å². The maximum absolute atomic E-state index is 5.72. The molecule has 0 aromatic carbocycles. The Labute approximate surface area is 182 Å². The second-order valence-electron chi connectivity index (χ2n) is 6.89. The van der Waals surface area contributed by atoms with Crippen LogP contribution in [0, 0.1) is 0 Å². The standard InChI is InChI=1S/C20H37N5O.HI/c1-4-24(5-2)13-10-12-22-20(21-3)23-17-18(19-11-9-16-26-19)25-14-7-6-8-15-25;/h9,11,16,18H,4-8,10,12-15,17H2,1-3H3,(H2,21,22,23);1H. The van der Waals surface area contributed by atoms with E-state index in [1.165, 1.54) is 19.3 Å². The number of halogens is 1. The van der Waals surface area contributed by atoms with Gasteiger partial charge >= 0.3 is 0 Å². The topological polar surface area (TPSA) is 56.0 Å². The quantitative estimate of drug-likeness (QED) is 0.228.